The standard InChI is InChI=1S/C94H68N2/c1-3-65-37-41-67(42-38-65)63-93(75-25-7-5-8-26-75)87-33-17-15-31-83(87)85-59-57-79(61-89(85)93)95(91-35-19-23-73-21-11-13-29-81(73)91)77-53-49-71(50-54-77)69-45-47-70(48-46-69)72-51-55-78(56-52-72)96(92-36-20-24-74-22-12-14-30-82(74)92)80-58-60-86-84-32-16-18-34-88(84)94(90(86)62-80,76-27-9-6-10-28-76)64-68-43-39-66(4-2)40-44-68/h3-62H,1-2,63-64H2/i5D,6D,7D,8D,9D,10D,25D,26D,27D,28D. The molecule has 2 unspecified atom stereocenters. The molecule has 0 aromatic heterocycles. The molecule has 96 heavy (non-hydrogen) atoms. The number of benzene rings is 15. The Bertz CT molecular complexity index is 5630. The van der Waals surface area contributed by atoms with Crippen LogP contribution in [0, 0.1) is 0 Å². The predicted octanol–water partition coefficient (Wildman–Crippen LogP) is 24.7. The smallest absolute Gasteiger partial charge is 0.0626 e. The fourth-order valence-electron chi connectivity index (χ4n) is 15.3. The number of hydrogen-bond acceptors (Lipinski definition) is 2. The van der Waals surface area contributed by atoms with Gasteiger partial charge in [0.25, 0.3) is 0 Å². The second-order valence-corrected chi connectivity index (χ2v) is 24.9. The van der Waals surface area contributed by atoms with Crippen LogP contribution in [0.3, 0.4) is 0 Å². The first kappa shape index (κ1) is 47.7. The van der Waals surface area contributed by atoms with E-state index >= 15 is 0 Å². The molecule has 2 heteroatoms. The summed E-state index contributed by atoms with van der Waals surface area (Å²) < 4.78 is 92.5. The van der Waals surface area contributed by atoms with Gasteiger partial charge >= 0.3 is 0 Å². The largest absolute Gasteiger partial charge is 0.310 e. The van der Waals surface area contributed by atoms with Crippen LogP contribution in [0.2, 0.25) is 0 Å². The van der Waals surface area contributed by atoms with E-state index in [0.29, 0.717) is 12.8 Å². The van der Waals surface area contributed by atoms with Gasteiger partial charge in [-0.05, 0) is 184 Å². The first-order chi connectivity index (χ1) is 51.6. The van der Waals surface area contributed by atoms with Crippen molar-refractivity contribution < 1.29 is 13.7 Å². The topological polar surface area (TPSA) is 6.48 Å². The van der Waals surface area contributed by atoms with Crippen LogP contribution in [0.5, 0.6) is 0 Å². The second kappa shape index (κ2) is 24.1. The first-order valence-electron chi connectivity index (χ1n) is 37.5. The van der Waals surface area contributed by atoms with Gasteiger partial charge in [-0.15, -0.1) is 0 Å². The molecular formula is C94H68N2. The van der Waals surface area contributed by atoms with E-state index in [1.54, 1.807) is 12.2 Å². The van der Waals surface area contributed by atoms with Crippen LogP contribution >= 0.6 is 0 Å². The SMILES string of the molecule is [2H]c1c([2H])c([2H])c(C2(Cc3ccc(C=C)cc3)c3ccccc3-c3ccc(N(c4ccc(-c5ccc(-c6ccc(N(c7ccc8c(c7)C(Cc7ccc(C=C)cc7)(c7c([2H])c([2H])c([2H])c([2H])c7[2H])c7ccccc7-8)c7cccc8ccccc78)cc6)cc5)cc4)c4cccc5ccccc45)cc32)c([2H])c1[2H]. The highest BCUT2D eigenvalue weighted by Crippen LogP contribution is 2.58. The van der Waals surface area contributed by atoms with Crippen LogP contribution in [0.25, 0.3) is 78.2 Å². The lowest BCUT2D eigenvalue weighted by atomic mass is 9.68. The van der Waals surface area contributed by atoms with E-state index in [1.165, 1.54) is 0 Å². The third-order valence-electron chi connectivity index (χ3n) is 19.8. The number of hydrogen-bond donors (Lipinski definition) is 0. The Balaban J connectivity index is 0.745. The monoisotopic (exact) mass is 1230 g/mol. The Labute approximate surface area is 577 Å². The Morgan fingerprint density at radius 3 is 1.03 bits per heavy atom. The second-order valence-electron chi connectivity index (χ2n) is 24.9. The van der Waals surface area contributed by atoms with Crippen LogP contribution in [-0.4, -0.2) is 0 Å². The molecule has 17 rings (SSSR count). The van der Waals surface area contributed by atoms with Crippen LogP contribution in [-0.2, 0) is 23.7 Å². The van der Waals surface area contributed by atoms with Crippen molar-refractivity contribution in [1.29, 1.82) is 0 Å². The molecule has 2 aliphatic rings. The maximum absolute atomic E-state index is 9.67. The van der Waals surface area contributed by atoms with Crippen LogP contribution in [0.4, 0.5) is 34.1 Å². The average molecular weight is 1240 g/mol. The molecule has 0 spiro atoms. The maximum Gasteiger partial charge on any atom is 0.0626 e. The molecule has 0 saturated carbocycles. The molecule has 0 saturated heterocycles. The third kappa shape index (κ3) is 9.80. The minimum absolute atomic E-state index is 0.228. The van der Waals surface area contributed by atoms with Gasteiger partial charge < -0.3 is 9.80 Å². The zero-order chi connectivity index (χ0) is 72.9. The maximum atomic E-state index is 9.67. The van der Waals surface area contributed by atoms with Crippen molar-refractivity contribution >= 4 is 67.8 Å². The van der Waals surface area contributed by atoms with Crippen molar-refractivity contribution in [2.24, 2.45) is 0 Å². The summed E-state index contributed by atoms with van der Waals surface area (Å²) in [7, 11) is 0. The first-order valence-corrected chi connectivity index (χ1v) is 32.5. The van der Waals surface area contributed by atoms with Crippen molar-refractivity contribution in [3.05, 3.63) is 420 Å². The van der Waals surface area contributed by atoms with Gasteiger partial charge in [0.1, 0.15) is 0 Å². The highest BCUT2D eigenvalue weighted by atomic mass is 15.1. The molecule has 0 aliphatic heterocycles. The van der Waals surface area contributed by atoms with Crippen LogP contribution in [0.1, 0.15) is 69.3 Å². The summed E-state index contributed by atoms with van der Waals surface area (Å²) in [5.74, 6) is 0. The molecule has 0 N–H and O–H groups in total. The highest BCUT2D eigenvalue weighted by Gasteiger charge is 2.47. The van der Waals surface area contributed by atoms with E-state index in [9.17, 15) is 5.48 Å². The Morgan fingerprint density at radius 1 is 0.302 bits per heavy atom. The zero-order valence-electron chi connectivity index (χ0n) is 62.6. The summed E-state index contributed by atoms with van der Waals surface area (Å²) in [5, 5.41) is 4.21. The van der Waals surface area contributed by atoms with Crippen LogP contribution < -0.4 is 9.80 Å². The molecule has 2 nitrogen and oxygen atoms in total. The molecule has 0 amide bonds. The van der Waals surface area contributed by atoms with Crippen molar-refractivity contribution in [3.8, 4) is 44.5 Å². The molecule has 2 aliphatic carbocycles. The van der Waals surface area contributed by atoms with Gasteiger partial charge in [0, 0.05) is 33.5 Å². The van der Waals surface area contributed by atoms with E-state index in [2.05, 4.69) is 217 Å². The lowest BCUT2D eigenvalue weighted by Crippen LogP contribution is -2.30. The Kier molecular flexibility index (Phi) is 12.0. The van der Waals surface area contributed by atoms with Crippen molar-refractivity contribution in [2.45, 2.75) is 23.7 Å². The Morgan fingerprint density at radius 2 is 0.635 bits per heavy atom. The van der Waals surface area contributed by atoms with Crippen molar-refractivity contribution in [1.82, 2.24) is 0 Å². The molecule has 0 bridgehead atoms. The van der Waals surface area contributed by atoms with Gasteiger partial charge in [-0.2, -0.15) is 0 Å². The van der Waals surface area contributed by atoms with E-state index in [0.717, 1.165) is 145 Å². The predicted molar refractivity (Wildman–Crippen MR) is 406 cm³/mol. The van der Waals surface area contributed by atoms with Crippen LogP contribution in [0.15, 0.2) is 365 Å². The van der Waals surface area contributed by atoms with Crippen molar-refractivity contribution in [3.63, 3.8) is 0 Å². The summed E-state index contributed by atoms with van der Waals surface area (Å²) >= 11 is 0. The molecule has 0 fully saturated rings. The van der Waals surface area contributed by atoms with Gasteiger partial charge in [0.15, 0.2) is 0 Å². The summed E-state index contributed by atoms with van der Waals surface area (Å²) in [6.07, 6.45) is 4.22. The molecule has 454 valence electrons. The van der Waals surface area contributed by atoms with Gasteiger partial charge in [0.2, 0.25) is 0 Å². The average Bonchev–Trinajstić information content (AvgIpc) is 1.50. The normalized spacial score (nSPS) is 16.4. The minimum Gasteiger partial charge on any atom is -0.310 e. The molecule has 2 atom stereocenters. The van der Waals surface area contributed by atoms with Gasteiger partial charge in [-0.3, -0.25) is 0 Å². The van der Waals surface area contributed by atoms with Gasteiger partial charge in [0.05, 0.1) is 35.9 Å². The number of fused-ring (bicyclic) bond motifs is 8. The molecule has 15 aromatic rings. The van der Waals surface area contributed by atoms with E-state index < -0.39 is 22.9 Å². The fraction of sp³-hybridized carbons (Fsp3) is 0.0426. The Hall–Kier alpha value is -12.1. The summed E-state index contributed by atoms with van der Waals surface area (Å²) in [6.45, 7) is 7.99. The van der Waals surface area contributed by atoms with Gasteiger partial charge in [-0.1, -0.05) is 316 Å². The molecule has 15 aromatic carbocycles. The molecule has 0 radical (unpaired) electrons. The van der Waals surface area contributed by atoms with E-state index in [4.69, 9.17) is 8.22 Å². The number of anilines is 6. The lowest BCUT2D eigenvalue weighted by molar-refractivity contribution is 0.629. The van der Waals surface area contributed by atoms with E-state index in [1.807, 2.05) is 97.1 Å². The third-order valence-corrected chi connectivity index (χ3v) is 19.8. The minimum atomic E-state index is -1.22. The fourth-order valence-corrected chi connectivity index (χ4v) is 15.3. The quantitative estimate of drug-likeness (QED) is 0.0951. The van der Waals surface area contributed by atoms with Gasteiger partial charge in [-0.25, -0.2) is 0 Å². The van der Waals surface area contributed by atoms with E-state index in [-0.39, 0.29) is 59.5 Å². The summed E-state index contributed by atoms with van der Waals surface area (Å²) in [4.78, 5) is 4.53. The highest BCUT2D eigenvalue weighted by molar-refractivity contribution is 6.01. The molecule has 0 heterocycles. The summed E-state index contributed by atoms with van der Waals surface area (Å²) in [6, 6.07) is 97.1. The lowest BCUT2D eigenvalue weighted by Gasteiger charge is -2.34. The number of nitrogens with zero attached hydrogens (tertiary/aromatic N) is 2. The zero-order valence-corrected chi connectivity index (χ0v) is 52.6. The number of rotatable bonds is 16. The van der Waals surface area contributed by atoms with Crippen molar-refractivity contribution in [2.75, 3.05) is 9.80 Å². The summed E-state index contributed by atoms with van der Waals surface area (Å²) in [5.41, 5.74) is 18.3. The molecular weight excluding hydrogens is 1160 g/mol.